The first-order valence-electron chi connectivity index (χ1n) is 11.2. The summed E-state index contributed by atoms with van der Waals surface area (Å²) in [6.07, 6.45) is 5.22. The normalized spacial score (nSPS) is 15.5. The molecular formula is C25H26N4O3S. The summed E-state index contributed by atoms with van der Waals surface area (Å²) in [7, 11) is 0. The molecule has 8 heteroatoms. The van der Waals surface area contributed by atoms with Crippen LogP contribution >= 0.6 is 11.8 Å². The highest BCUT2D eigenvalue weighted by Gasteiger charge is 2.21. The molecule has 2 aliphatic heterocycles. The van der Waals surface area contributed by atoms with Crippen molar-refractivity contribution < 1.29 is 14.3 Å². The summed E-state index contributed by atoms with van der Waals surface area (Å²) < 4.78 is 10.7. The molecule has 0 unspecified atom stereocenters. The van der Waals surface area contributed by atoms with Gasteiger partial charge in [-0.2, -0.15) is 0 Å². The van der Waals surface area contributed by atoms with Crippen molar-refractivity contribution >= 4 is 29.2 Å². The maximum atomic E-state index is 12.4. The number of hydrogen-bond acceptors (Lipinski definition) is 7. The van der Waals surface area contributed by atoms with E-state index in [1.807, 2.05) is 6.07 Å². The lowest BCUT2D eigenvalue weighted by atomic mass is 9.90. The molecule has 1 saturated heterocycles. The van der Waals surface area contributed by atoms with Gasteiger partial charge in [0.25, 0.3) is 0 Å². The topological polar surface area (TPSA) is 76.6 Å². The number of amides is 1. The number of carbonyl (C=O) groups is 1. The standard InChI is InChI=1S/C25H26N4O3S/c30-24(27-20-6-7-21-22(15-20)32-17-31-21)16-33-25-26-11-8-23(28-25)29-12-9-19(10-13-29)14-18-4-2-1-3-5-18/h1-8,11,15,19H,9-10,12-14,16-17H2,(H,27,30). The molecule has 1 aromatic heterocycles. The summed E-state index contributed by atoms with van der Waals surface area (Å²) in [4.78, 5) is 23.7. The highest BCUT2D eigenvalue weighted by Crippen LogP contribution is 2.34. The molecule has 170 valence electrons. The summed E-state index contributed by atoms with van der Waals surface area (Å²) in [5.41, 5.74) is 2.09. The molecule has 0 atom stereocenters. The largest absolute Gasteiger partial charge is 0.454 e. The number of thioether (sulfide) groups is 1. The zero-order chi connectivity index (χ0) is 22.5. The fourth-order valence-electron chi connectivity index (χ4n) is 4.19. The second-order valence-electron chi connectivity index (χ2n) is 8.22. The zero-order valence-electron chi connectivity index (χ0n) is 18.3. The number of aromatic nitrogens is 2. The Morgan fingerprint density at radius 3 is 2.73 bits per heavy atom. The Kier molecular flexibility index (Phi) is 6.62. The van der Waals surface area contributed by atoms with Gasteiger partial charge >= 0.3 is 0 Å². The number of anilines is 2. The first-order valence-corrected chi connectivity index (χ1v) is 12.2. The van der Waals surface area contributed by atoms with Crippen molar-refractivity contribution in [3.63, 3.8) is 0 Å². The van der Waals surface area contributed by atoms with Crippen LogP contribution in [-0.4, -0.2) is 41.5 Å². The Morgan fingerprint density at radius 2 is 1.88 bits per heavy atom. The van der Waals surface area contributed by atoms with Crippen molar-refractivity contribution in [2.45, 2.75) is 24.4 Å². The predicted molar refractivity (Wildman–Crippen MR) is 129 cm³/mol. The van der Waals surface area contributed by atoms with Crippen LogP contribution in [0, 0.1) is 5.92 Å². The highest BCUT2D eigenvalue weighted by molar-refractivity contribution is 7.99. The molecule has 0 radical (unpaired) electrons. The van der Waals surface area contributed by atoms with Crippen LogP contribution < -0.4 is 19.7 Å². The lowest BCUT2D eigenvalue weighted by Gasteiger charge is -2.33. The van der Waals surface area contributed by atoms with Crippen LogP contribution in [0.2, 0.25) is 0 Å². The van der Waals surface area contributed by atoms with Crippen molar-refractivity contribution in [2.24, 2.45) is 5.92 Å². The number of rotatable bonds is 7. The van der Waals surface area contributed by atoms with Crippen LogP contribution in [0.5, 0.6) is 11.5 Å². The molecule has 7 nitrogen and oxygen atoms in total. The van der Waals surface area contributed by atoms with Crippen molar-refractivity contribution in [3.05, 3.63) is 66.4 Å². The third-order valence-corrected chi connectivity index (χ3v) is 6.77. The number of hydrogen-bond donors (Lipinski definition) is 1. The van der Waals surface area contributed by atoms with Gasteiger partial charge in [-0.3, -0.25) is 4.79 Å². The molecule has 3 aromatic rings. The quantitative estimate of drug-likeness (QED) is 0.412. The van der Waals surface area contributed by atoms with E-state index in [4.69, 9.17) is 14.5 Å². The van der Waals surface area contributed by atoms with Gasteiger partial charge in [-0.15, -0.1) is 0 Å². The van der Waals surface area contributed by atoms with Gasteiger partial charge in [0.15, 0.2) is 16.7 Å². The summed E-state index contributed by atoms with van der Waals surface area (Å²) in [5, 5.41) is 3.49. The second kappa shape index (κ2) is 10.1. The van der Waals surface area contributed by atoms with E-state index in [0.29, 0.717) is 28.3 Å². The smallest absolute Gasteiger partial charge is 0.234 e. The van der Waals surface area contributed by atoms with Crippen LogP contribution in [0.25, 0.3) is 0 Å². The van der Waals surface area contributed by atoms with Crippen LogP contribution in [0.1, 0.15) is 18.4 Å². The van der Waals surface area contributed by atoms with Crippen LogP contribution in [0.4, 0.5) is 11.5 Å². The molecule has 2 aliphatic rings. The van der Waals surface area contributed by atoms with Crippen molar-refractivity contribution in [1.29, 1.82) is 0 Å². The number of piperidine rings is 1. The monoisotopic (exact) mass is 462 g/mol. The maximum absolute atomic E-state index is 12.4. The number of fused-ring (bicyclic) bond motifs is 1. The first-order chi connectivity index (χ1) is 16.2. The Balaban J connectivity index is 1.11. The van der Waals surface area contributed by atoms with E-state index in [1.54, 1.807) is 24.4 Å². The second-order valence-corrected chi connectivity index (χ2v) is 9.16. The molecule has 1 N–H and O–H groups in total. The average molecular weight is 463 g/mol. The van der Waals surface area contributed by atoms with E-state index in [1.165, 1.54) is 17.3 Å². The van der Waals surface area contributed by atoms with Gasteiger partial charge in [0.05, 0.1) is 5.75 Å². The minimum absolute atomic E-state index is 0.116. The number of ether oxygens (including phenoxy) is 2. The van der Waals surface area contributed by atoms with Crippen molar-refractivity contribution in [1.82, 2.24) is 9.97 Å². The number of carbonyl (C=O) groups excluding carboxylic acids is 1. The van der Waals surface area contributed by atoms with Gasteiger partial charge in [-0.05, 0) is 48.9 Å². The molecule has 1 fully saturated rings. The maximum Gasteiger partial charge on any atom is 0.234 e. The van der Waals surface area contributed by atoms with E-state index in [-0.39, 0.29) is 18.5 Å². The molecule has 0 saturated carbocycles. The molecule has 5 rings (SSSR count). The average Bonchev–Trinajstić information content (AvgIpc) is 3.32. The first kappa shape index (κ1) is 21.6. The summed E-state index contributed by atoms with van der Waals surface area (Å²) in [5.74, 6) is 3.09. The van der Waals surface area contributed by atoms with E-state index in [2.05, 4.69) is 45.5 Å². The lowest BCUT2D eigenvalue weighted by molar-refractivity contribution is -0.113. The van der Waals surface area contributed by atoms with E-state index in [0.717, 1.165) is 38.2 Å². The Morgan fingerprint density at radius 1 is 1.06 bits per heavy atom. The number of nitrogens with one attached hydrogen (secondary N) is 1. The van der Waals surface area contributed by atoms with Crippen LogP contribution in [0.15, 0.2) is 66.0 Å². The molecule has 0 spiro atoms. The Hall–Kier alpha value is -3.26. The summed E-state index contributed by atoms with van der Waals surface area (Å²) in [6, 6.07) is 18.0. The SMILES string of the molecule is O=C(CSc1nccc(N2CCC(Cc3ccccc3)CC2)n1)Nc1ccc2c(c1)OCO2. The molecule has 1 amide bonds. The molecule has 0 aliphatic carbocycles. The molecule has 33 heavy (non-hydrogen) atoms. The third kappa shape index (κ3) is 5.57. The van der Waals surface area contributed by atoms with E-state index in [9.17, 15) is 4.79 Å². The van der Waals surface area contributed by atoms with Gasteiger partial charge < -0.3 is 19.7 Å². The molecule has 2 aromatic carbocycles. The molecule has 0 bridgehead atoms. The Labute approximate surface area is 197 Å². The van der Waals surface area contributed by atoms with E-state index < -0.39 is 0 Å². The fourth-order valence-corrected chi connectivity index (χ4v) is 4.82. The third-order valence-electron chi connectivity index (χ3n) is 5.91. The fraction of sp³-hybridized carbons (Fsp3) is 0.320. The summed E-state index contributed by atoms with van der Waals surface area (Å²) in [6.45, 7) is 2.19. The van der Waals surface area contributed by atoms with Gasteiger partial charge in [-0.25, -0.2) is 9.97 Å². The molecule has 3 heterocycles. The van der Waals surface area contributed by atoms with E-state index >= 15 is 0 Å². The van der Waals surface area contributed by atoms with Gasteiger partial charge in [-0.1, -0.05) is 42.1 Å². The van der Waals surface area contributed by atoms with Crippen molar-refractivity contribution in [3.8, 4) is 11.5 Å². The summed E-state index contributed by atoms with van der Waals surface area (Å²) >= 11 is 1.34. The number of benzene rings is 2. The highest BCUT2D eigenvalue weighted by atomic mass is 32.2. The minimum Gasteiger partial charge on any atom is -0.454 e. The predicted octanol–water partition coefficient (Wildman–Crippen LogP) is 4.40. The molecular weight excluding hydrogens is 436 g/mol. The van der Waals surface area contributed by atoms with Gasteiger partial charge in [0, 0.05) is 31.0 Å². The zero-order valence-corrected chi connectivity index (χ0v) is 19.1. The number of nitrogens with zero attached hydrogens (tertiary/aromatic N) is 3. The van der Waals surface area contributed by atoms with Gasteiger partial charge in [0.2, 0.25) is 12.7 Å². The van der Waals surface area contributed by atoms with Crippen LogP contribution in [0.3, 0.4) is 0 Å². The van der Waals surface area contributed by atoms with Gasteiger partial charge in [0.1, 0.15) is 5.82 Å². The van der Waals surface area contributed by atoms with Crippen molar-refractivity contribution in [2.75, 3.05) is 35.9 Å². The Bertz CT molecular complexity index is 1100. The van der Waals surface area contributed by atoms with Crippen LogP contribution in [-0.2, 0) is 11.2 Å². The minimum atomic E-state index is -0.116. The lowest BCUT2D eigenvalue weighted by Crippen LogP contribution is -2.35.